The Balaban J connectivity index is 1.40. The summed E-state index contributed by atoms with van der Waals surface area (Å²) in [5.41, 5.74) is 5.52. The maximum absolute atomic E-state index is 12.4. The van der Waals surface area contributed by atoms with Crippen LogP contribution in [0.15, 0.2) is 80.7 Å². The second kappa shape index (κ2) is 11.5. The van der Waals surface area contributed by atoms with Crippen LogP contribution in [0.1, 0.15) is 28.6 Å². The molecule has 0 fully saturated rings. The maximum atomic E-state index is 12.4. The van der Waals surface area contributed by atoms with Gasteiger partial charge in [0.1, 0.15) is 5.58 Å². The number of ether oxygens (including phenoxy) is 2. The zero-order chi connectivity index (χ0) is 25.5. The number of hydrogen-bond acceptors (Lipinski definition) is 6. The van der Waals surface area contributed by atoms with Gasteiger partial charge in [0, 0.05) is 21.1 Å². The van der Waals surface area contributed by atoms with Crippen molar-refractivity contribution >= 4 is 50.6 Å². The monoisotopic (exact) mass is 549 g/mol. The van der Waals surface area contributed by atoms with Crippen LogP contribution < -0.4 is 20.2 Å². The van der Waals surface area contributed by atoms with Crippen molar-refractivity contribution in [2.45, 2.75) is 13.8 Å². The SMILES string of the molecule is CCOc1cc(/C=N/NC(=O)c2cc3ccccc3o2)c(Br)cc1OCC(=O)Nc1ccc(C)cc1. The number of para-hydroxylation sites is 1. The van der Waals surface area contributed by atoms with Crippen molar-refractivity contribution in [1.82, 2.24) is 5.43 Å². The molecule has 0 aliphatic heterocycles. The third-order valence-corrected chi connectivity index (χ3v) is 5.76. The predicted molar refractivity (Wildman–Crippen MR) is 142 cm³/mol. The van der Waals surface area contributed by atoms with Crippen molar-refractivity contribution in [2.75, 3.05) is 18.5 Å². The zero-order valence-electron chi connectivity index (χ0n) is 19.7. The molecule has 9 heteroatoms. The summed E-state index contributed by atoms with van der Waals surface area (Å²) in [4.78, 5) is 24.7. The summed E-state index contributed by atoms with van der Waals surface area (Å²) in [6.45, 7) is 4.02. The third kappa shape index (κ3) is 6.31. The van der Waals surface area contributed by atoms with Gasteiger partial charge in [-0.15, -0.1) is 0 Å². The smallest absolute Gasteiger partial charge is 0.307 e. The third-order valence-electron chi connectivity index (χ3n) is 5.08. The molecular formula is C27H24BrN3O5. The molecule has 0 bridgehead atoms. The summed E-state index contributed by atoms with van der Waals surface area (Å²) in [5.74, 6) is 0.231. The minimum Gasteiger partial charge on any atom is -0.490 e. The Bertz CT molecular complexity index is 1380. The number of amides is 2. The predicted octanol–water partition coefficient (Wildman–Crippen LogP) is 5.68. The molecule has 0 spiro atoms. The first-order valence-corrected chi connectivity index (χ1v) is 12.0. The molecule has 4 rings (SSSR count). The molecule has 0 atom stereocenters. The average Bonchev–Trinajstić information content (AvgIpc) is 3.31. The van der Waals surface area contributed by atoms with E-state index in [0.717, 1.165) is 10.9 Å². The van der Waals surface area contributed by atoms with E-state index in [4.69, 9.17) is 13.9 Å². The normalized spacial score (nSPS) is 11.0. The number of rotatable bonds is 9. The summed E-state index contributed by atoms with van der Waals surface area (Å²) < 4.78 is 17.6. The molecule has 0 radical (unpaired) electrons. The molecule has 36 heavy (non-hydrogen) atoms. The fourth-order valence-corrected chi connectivity index (χ4v) is 3.74. The van der Waals surface area contributed by atoms with Crippen LogP contribution in [0.5, 0.6) is 11.5 Å². The molecule has 0 saturated carbocycles. The summed E-state index contributed by atoms with van der Waals surface area (Å²) in [6.07, 6.45) is 1.47. The van der Waals surface area contributed by atoms with Gasteiger partial charge in [-0.05, 0) is 66.2 Å². The van der Waals surface area contributed by atoms with E-state index in [1.807, 2.05) is 56.3 Å². The van der Waals surface area contributed by atoms with Crippen LogP contribution in [0.25, 0.3) is 11.0 Å². The molecule has 4 aromatic rings. The van der Waals surface area contributed by atoms with Crippen molar-refractivity contribution in [3.8, 4) is 11.5 Å². The van der Waals surface area contributed by atoms with Gasteiger partial charge in [-0.1, -0.05) is 35.9 Å². The van der Waals surface area contributed by atoms with Crippen molar-refractivity contribution in [3.63, 3.8) is 0 Å². The zero-order valence-corrected chi connectivity index (χ0v) is 21.3. The van der Waals surface area contributed by atoms with E-state index in [9.17, 15) is 9.59 Å². The van der Waals surface area contributed by atoms with Gasteiger partial charge in [-0.2, -0.15) is 5.10 Å². The number of nitrogens with zero attached hydrogens (tertiary/aromatic N) is 1. The van der Waals surface area contributed by atoms with Gasteiger partial charge in [0.25, 0.3) is 5.91 Å². The number of carbonyl (C=O) groups is 2. The van der Waals surface area contributed by atoms with E-state index in [-0.39, 0.29) is 18.3 Å². The first-order chi connectivity index (χ1) is 17.4. The molecule has 0 aliphatic rings. The van der Waals surface area contributed by atoms with Crippen molar-refractivity contribution in [3.05, 3.63) is 88.1 Å². The highest BCUT2D eigenvalue weighted by atomic mass is 79.9. The number of furan rings is 1. The lowest BCUT2D eigenvalue weighted by Crippen LogP contribution is -2.20. The summed E-state index contributed by atoms with van der Waals surface area (Å²) >= 11 is 3.48. The van der Waals surface area contributed by atoms with Gasteiger partial charge in [-0.25, -0.2) is 5.43 Å². The minimum atomic E-state index is -0.469. The average molecular weight is 550 g/mol. The molecule has 1 aromatic heterocycles. The fourth-order valence-electron chi connectivity index (χ4n) is 3.32. The largest absolute Gasteiger partial charge is 0.490 e. The van der Waals surface area contributed by atoms with E-state index in [2.05, 4.69) is 31.8 Å². The Kier molecular flexibility index (Phi) is 8.02. The molecule has 0 saturated heterocycles. The van der Waals surface area contributed by atoms with Crippen molar-refractivity contribution in [2.24, 2.45) is 5.10 Å². The Labute approximate surface area is 216 Å². The number of hydrazone groups is 1. The highest BCUT2D eigenvalue weighted by molar-refractivity contribution is 9.10. The van der Waals surface area contributed by atoms with Gasteiger partial charge >= 0.3 is 5.91 Å². The number of nitrogens with one attached hydrogen (secondary N) is 2. The Morgan fingerprint density at radius 2 is 1.78 bits per heavy atom. The lowest BCUT2D eigenvalue weighted by atomic mass is 10.2. The number of halogens is 1. The molecule has 0 aliphatic carbocycles. The molecule has 0 unspecified atom stereocenters. The summed E-state index contributed by atoms with van der Waals surface area (Å²) in [6, 6.07) is 19.9. The van der Waals surface area contributed by atoms with Gasteiger partial charge in [0.05, 0.1) is 12.8 Å². The molecule has 1 heterocycles. The van der Waals surface area contributed by atoms with Crippen LogP contribution in [0.4, 0.5) is 5.69 Å². The fraction of sp³-hybridized carbons (Fsp3) is 0.148. The van der Waals surface area contributed by atoms with E-state index >= 15 is 0 Å². The number of benzene rings is 3. The first kappa shape index (κ1) is 25.0. The number of hydrogen-bond donors (Lipinski definition) is 2. The van der Waals surface area contributed by atoms with Crippen LogP contribution in [0.3, 0.4) is 0 Å². The van der Waals surface area contributed by atoms with Gasteiger partial charge in [0.15, 0.2) is 23.9 Å². The molecule has 2 amide bonds. The number of anilines is 1. The van der Waals surface area contributed by atoms with Crippen molar-refractivity contribution in [1.29, 1.82) is 0 Å². The minimum absolute atomic E-state index is 0.162. The molecule has 2 N–H and O–H groups in total. The molecule has 184 valence electrons. The van der Waals surface area contributed by atoms with Gasteiger partial charge < -0.3 is 19.2 Å². The standard InChI is InChI=1S/C27H24BrN3O5/c1-3-34-23-13-19(15-29-31-27(33)25-12-18-6-4-5-7-22(18)36-25)21(28)14-24(23)35-16-26(32)30-20-10-8-17(2)9-11-20/h4-15H,3,16H2,1-2H3,(H,30,32)(H,31,33)/b29-15+. The van der Waals surface area contributed by atoms with Crippen LogP contribution in [0, 0.1) is 6.92 Å². The Hall–Kier alpha value is -4.11. The van der Waals surface area contributed by atoms with Gasteiger partial charge in [0.2, 0.25) is 0 Å². The Morgan fingerprint density at radius 1 is 1.03 bits per heavy atom. The topological polar surface area (TPSA) is 102 Å². The summed E-state index contributed by atoms with van der Waals surface area (Å²) in [5, 5.41) is 7.66. The molecular weight excluding hydrogens is 526 g/mol. The van der Waals surface area contributed by atoms with Crippen LogP contribution in [-0.4, -0.2) is 31.2 Å². The lowest BCUT2D eigenvalue weighted by molar-refractivity contribution is -0.118. The van der Waals surface area contributed by atoms with Crippen LogP contribution in [0.2, 0.25) is 0 Å². The number of carbonyl (C=O) groups excluding carboxylic acids is 2. The summed E-state index contributed by atoms with van der Waals surface area (Å²) in [7, 11) is 0. The van der Waals surface area contributed by atoms with E-state index in [1.165, 1.54) is 6.21 Å². The molecule has 8 nitrogen and oxygen atoms in total. The van der Waals surface area contributed by atoms with E-state index in [1.54, 1.807) is 24.3 Å². The van der Waals surface area contributed by atoms with Gasteiger partial charge in [-0.3, -0.25) is 9.59 Å². The first-order valence-electron chi connectivity index (χ1n) is 11.2. The van der Waals surface area contributed by atoms with E-state index < -0.39 is 5.91 Å². The van der Waals surface area contributed by atoms with E-state index in [0.29, 0.717) is 39.4 Å². The quantitative estimate of drug-likeness (QED) is 0.206. The number of fused-ring (bicyclic) bond motifs is 1. The van der Waals surface area contributed by atoms with Crippen LogP contribution in [-0.2, 0) is 4.79 Å². The lowest BCUT2D eigenvalue weighted by Gasteiger charge is -2.14. The van der Waals surface area contributed by atoms with Crippen molar-refractivity contribution < 1.29 is 23.5 Å². The Morgan fingerprint density at radius 3 is 2.53 bits per heavy atom. The molecule has 3 aromatic carbocycles. The second-order valence-electron chi connectivity index (χ2n) is 7.80. The highest BCUT2D eigenvalue weighted by Gasteiger charge is 2.14. The second-order valence-corrected chi connectivity index (χ2v) is 8.66. The van der Waals surface area contributed by atoms with Crippen LogP contribution >= 0.6 is 15.9 Å². The highest BCUT2D eigenvalue weighted by Crippen LogP contribution is 2.33. The maximum Gasteiger partial charge on any atom is 0.307 e. The number of aryl methyl sites for hydroxylation is 1.